The van der Waals surface area contributed by atoms with E-state index in [2.05, 4.69) is 44.4 Å². The first-order valence-electron chi connectivity index (χ1n) is 5.40. The molecule has 0 atom stereocenters. The van der Waals surface area contributed by atoms with Crippen molar-refractivity contribution in [3.05, 3.63) is 28.8 Å². The smallest absolute Gasteiger partial charge is 0.209 e. The molecule has 16 heavy (non-hydrogen) atoms. The van der Waals surface area contributed by atoms with Gasteiger partial charge < -0.3 is 24.0 Å². The zero-order valence-corrected chi connectivity index (χ0v) is 13.1. The minimum Gasteiger partial charge on any atom is -1.00 e. The predicted octanol–water partition coefficient (Wildman–Crippen LogP) is 0.760. The van der Waals surface area contributed by atoms with Crippen molar-refractivity contribution in [3.8, 4) is 0 Å². The van der Waals surface area contributed by atoms with Gasteiger partial charge in [0.2, 0.25) is 5.69 Å². The normalized spacial score (nSPS) is 17.1. The summed E-state index contributed by atoms with van der Waals surface area (Å²) in [6.07, 6.45) is 0. The van der Waals surface area contributed by atoms with Gasteiger partial charge in [0.1, 0.15) is 6.54 Å². The number of rotatable bonds is 1. The fraction of sp³-hybridized carbons (Fsp3) is 0.462. The quantitative estimate of drug-likeness (QED) is 0.520. The molecule has 0 fully saturated rings. The highest BCUT2D eigenvalue weighted by atomic mass is 127. The SMILES string of the molecule is CC[N+]1=C(C)C(C)(C)c2cc(Cl)ccc21.[I-]. The molecule has 0 radical (unpaired) electrons. The fourth-order valence-electron chi connectivity index (χ4n) is 2.36. The Labute approximate surface area is 120 Å². The summed E-state index contributed by atoms with van der Waals surface area (Å²) >= 11 is 6.06. The van der Waals surface area contributed by atoms with Crippen LogP contribution in [0.25, 0.3) is 0 Å². The first-order valence-corrected chi connectivity index (χ1v) is 5.78. The Morgan fingerprint density at radius 3 is 2.50 bits per heavy atom. The van der Waals surface area contributed by atoms with Crippen LogP contribution in [0, 0.1) is 0 Å². The Bertz CT molecular complexity index is 449. The van der Waals surface area contributed by atoms with Crippen LogP contribution in [-0.2, 0) is 5.41 Å². The Morgan fingerprint density at radius 2 is 1.94 bits per heavy atom. The monoisotopic (exact) mass is 349 g/mol. The van der Waals surface area contributed by atoms with Gasteiger partial charge in [-0.25, -0.2) is 0 Å². The molecular formula is C13H17ClIN. The molecule has 0 amide bonds. The van der Waals surface area contributed by atoms with Crippen molar-refractivity contribution < 1.29 is 28.6 Å². The summed E-state index contributed by atoms with van der Waals surface area (Å²) in [4.78, 5) is 0. The van der Waals surface area contributed by atoms with E-state index in [1.54, 1.807) is 0 Å². The summed E-state index contributed by atoms with van der Waals surface area (Å²) in [5, 5.41) is 0.826. The van der Waals surface area contributed by atoms with E-state index >= 15 is 0 Å². The van der Waals surface area contributed by atoms with Crippen LogP contribution in [-0.4, -0.2) is 16.8 Å². The molecule has 1 nitrogen and oxygen atoms in total. The molecule has 3 heteroatoms. The summed E-state index contributed by atoms with van der Waals surface area (Å²) in [5.41, 5.74) is 4.16. The lowest BCUT2D eigenvalue weighted by atomic mass is 9.82. The highest BCUT2D eigenvalue weighted by Gasteiger charge is 2.42. The van der Waals surface area contributed by atoms with Crippen LogP contribution in [0.2, 0.25) is 5.02 Å². The maximum atomic E-state index is 6.06. The largest absolute Gasteiger partial charge is 1.00 e. The van der Waals surface area contributed by atoms with Gasteiger partial charge in [0.05, 0.1) is 5.41 Å². The minimum atomic E-state index is 0. The van der Waals surface area contributed by atoms with Gasteiger partial charge >= 0.3 is 0 Å². The van der Waals surface area contributed by atoms with E-state index < -0.39 is 0 Å². The van der Waals surface area contributed by atoms with Gasteiger partial charge in [0, 0.05) is 23.6 Å². The molecule has 1 aromatic carbocycles. The molecule has 2 rings (SSSR count). The molecule has 0 aromatic heterocycles. The van der Waals surface area contributed by atoms with E-state index in [9.17, 15) is 0 Å². The number of benzene rings is 1. The van der Waals surface area contributed by atoms with Crippen LogP contribution in [0.3, 0.4) is 0 Å². The first kappa shape index (κ1) is 14.0. The van der Waals surface area contributed by atoms with Crippen molar-refractivity contribution >= 4 is 23.0 Å². The summed E-state index contributed by atoms with van der Waals surface area (Å²) in [5.74, 6) is 0. The molecule has 0 spiro atoms. The summed E-state index contributed by atoms with van der Waals surface area (Å²) in [6, 6.07) is 6.19. The average Bonchev–Trinajstić information content (AvgIpc) is 2.37. The first-order chi connectivity index (χ1) is 6.98. The third-order valence-corrected chi connectivity index (χ3v) is 3.78. The van der Waals surface area contributed by atoms with E-state index in [1.807, 2.05) is 6.07 Å². The molecular weight excluding hydrogens is 333 g/mol. The second-order valence-corrected chi connectivity index (χ2v) is 5.05. The topological polar surface area (TPSA) is 3.01 Å². The van der Waals surface area contributed by atoms with Gasteiger partial charge in [0.15, 0.2) is 5.71 Å². The van der Waals surface area contributed by atoms with Crippen LogP contribution in [0.1, 0.15) is 33.3 Å². The highest BCUT2D eigenvalue weighted by Crippen LogP contribution is 2.40. The Balaban J connectivity index is 0.00000128. The molecule has 1 aliphatic rings. The van der Waals surface area contributed by atoms with Crippen molar-refractivity contribution in [2.45, 2.75) is 33.1 Å². The lowest BCUT2D eigenvalue weighted by Gasteiger charge is -2.14. The van der Waals surface area contributed by atoms with Crippen molar-refractivity contribution in [2.75, 3.05) is 6.54 Å². The number of fused-ring (bicyclic) bond motifs is 1. The highest BCUT2D eigenvalue weighted by molar-refractivity contribution is 6.30. The van der Waals surface area contributed by atoms with E-state index in [1.165, 1.54) is 17.0 Å². The van der Waals surface area contributed by atoms with Gasteiger partial charge in [0.25, 0.3) is 0 Å². The zero-order valence-electron chi connectivity index (χ0n) is 10.1. The number of halogens is 2. The molecule has 0 bridgehead atoms. The van der Waals surface area contributed by atoms with Crippen LogP contribution in [0.15, 0.2) is 18.2 Å². The second-order valence-electron chi connectivity index (χ2n) is 4.62. The van der Waals surface area contributed by atoms with Crippen LogP contribution in [0.5, 0.6) is 0 Å². The molecule has 1 aromatic rings. The van der Waals surface area contributed by atoms with E-state index in [0.29, 0.717) is 0 Å². The predicted molar refractivity (Wildman–Crippen MR) is 65.6 cm³/mol. The van der Waals surface area contributed by atoms with Gasteiger partial charge in [-0.2, -0.15) is 4.58 Å². The summed E-state index contributed by atoms with van der Waals surface area (Å²) < 4.78 is 2.37. The third-order valence-electron chi connectivity index (χ3n) is 3.55. The molecule has 1 heterocycles. The van der Waals surface area contributed by atoms with Crippen LogP contribution in [0.4, 0.5) is 5.69 Å². The molecule has 0 saturated heterocycles. The summed E-state index contributed by atoms with van der Waals surface area (Å²) in [6.45, 7) is 9.92. The van der Waals surface area contributed by atoms with Crippen LogP contribution >= 0.6 is 11.6 Å². The summed E-state index contributed by atoms with van der Waals surface area (Å²) in [7, 11) is 0. The van der Waals surface area contributed by atoms with Gasteiger partial charge in [-0.05, 0) is 32.9 Å². The maximum Gasteiger partial charge on any atom is 0.209 e. The zero-order chi connectivity index (χ0) is 11.2. The molecule has 88 valence electrons. The standard InChI is InChI=1S/C13H17ClN.HI/c1-5-15-9(2)13(3,4)11-8-10(14)6-7-12(11)15;/h6-8H,5H2,1-4H3;1H/q+1;/p-1. The van der Waals surface area contributed by atoms with Gasteiger partial charge in [-0.1, -0.05) is 11.6 Å². The third kappa shape index (κ3) is 1.90. The van der Waals surface area contributed by atoms with Gasteiger partial charge in [-0.3, -0.25) is 0 Å². The van der Waals surface area contributed by atoms with E-state index in [4.69, 9.17) is 11.6 Å². The number of hydrogen-bond donors (Lipinski definition) is 0. The Kier molecular flexibility index (Phi) is 4.06. The van der Waals surface area contributed by atoms with Crippen LogP contribution < -0.4 is 24.0 Å². The van der Waals surface area contributed by atoms with Crippen molar-refractivity contribution in [1.29, 1.82) is 0 Å². The molecule has 1 aliphatic heterocycles. The second kappa shape index (κ2) is 4.65. The average molecular weight is 350 g/mol. The fourth-order valence-corrected chi connectivity index (χ4v) is 2.54. The van der Waals surface area contributed by atoms with Crippen molar-refractivity contribution in [2.24, 2.45) is 0 Å². The Hall–Kier alpha value is -0.0900. The maximum absolute atomic E-state index is 6.06. The molecule has 0 aliphatic carbocycles. The lowest BCUT2D eigenvalue weighted by molar-refractivity contribution is -0.434. The van der Waals surface area contributed by atoms with Crippen molar-refractivity contribution in [1.82, 2.24) is 0 Å². The Morgan fingerprint density at radius 1 is 1.31 bits per heavy atom. The van der Waals surface area contributed by atoms with E-state index in [0.717, 1.165) is 11.6 Å². The van der Waals surface area contributed by atoms with Gasteiger partial charge in [-0.15, -0.1) is 0 Å². The van der Waals surface area contributed by atoms with Crippen molar-refractivity contribution in [3.63, 3.8) is 0 Å². The lowest BCUT2D eigenvalue weighted by Crippen LogP contribution is -3.00. The molecule has 0 saturated carbocycles. The van der Waals surface area contributed by atoms with E-state index in [-0.39, 0.29) is 29.4 Å². The number of nitrogens with zero attached hydrogens (tertiary/aromatic N) is 1. The minimum absolute atomic E-state index is 0. The number of hydrogen-bond acceptors (Lipinski definition) is 0. The molecule has 0 N–H and O–H groups in total. The molecule has 0 unspecified atom stereocenters.